The molecule has 3 heterocycles. The van der Waals surface area contributed by atoms with Crippen LogP contribution in [0.3, 0.4) is 0 Å². The van der Waals surface area contributed by atoms with Gasteiger partial charge < -0.3 is 10.2 Å². The van der Waals surface area contributed by atoms with Crippen molar-refractivity contribution in [1.29, 1.82) is 0 Å². The Kier molecular flexibility index (Phi) is 7.33. The van der Waals surface area contributed by atoms with Crippen molar-refractivity contribution in [2.24, 2.45) is 5.92 Å². The quantitative estimate of drug-likeness (QED) is 0.701. The largest absolute Gasteiger partial charge is 0.338 e. The number of aromatic nitrogens is 1. The Bertz CT molecular complexity index is 1170. The third-order valence-corrected chi connectivity index (χ3v) is 8.77. The van der Waals surface area contributed by atoms with Gasteiger partial charge in [0.15, 0.2) is 0 Å². The second-order valence-electron chi connectivity index (χ2n) is 9.24. The van der Waals surface area contributed by atoms with Crippen molar-refractivity contribution in [3.05, 3.63) is 53.7 Å². The lowest BCUT2D eigenvalue weighted by Crippen LogP contribution is -2.44. The number of hydrogen-bond acceptors (Lipinski definition) is 5. The third-order valence-electron chi connectivity index (χ3n) is 6.76. The van der Waals surface area contributed by atoms with Crippen LogP contribution in [-0.4, -0.2) is 60.1 Å². The number of sulfonamides is 1. The predicted octanol–water partition coefficient (Wildman–Crippen LogP) is 3.44. The molecule has 2 atom stereocenters. The lowest BCUT2D eigenvalue weighted by Gasteiger charge is -2.33. The molecular weight excluding hydrogens is 452 g/mol. The van der Waals surface area contributed by atoms with Gasteiger partial charge in [0.2, 0.25) is 15.9 Å². The molecule has 8 nitrogen and oxygen atoms in total. The number of amides is 2. The zero-order valence-corrected chi connectivity index (χ0v) is 20.6. The number of carbonyl (C=O) groups excluding carboxylic acids is 2. The zero-order chi connectivity index (χ0) is 24.3. The van der Waals surface area contributed by atoms with Crippen molar-refractivity contribution in [1.82, 2.24) is 14.2 Å². The minimum Gasteiger partial charge on any atom is -0.338 e. The molecule has 2 amide bonds. The number of carbonyl (C=O) groups is 2. The van der Waals surface area contributed by atoms with Crippen LogP contribution < -0.4 is 5.32 Å². The lowest BCUT2D eigenvalue weighted by atomic mass is 9.96. The summed E-state index contributed by atoms with van der Waals surface area (Å²) in [6.07, 6.45) is 5.72. The van der Waals surface area contributed by atoms with Gasteiger partial charge in [0.05, 0.1) is 10.8 Å². The average molecular weight is 485 g/mol. The molecule has 2 fully saturated rings. The van der Waals surface area contributed by atoms with Crippen LogP contribution in [0, 0.1) is 12.8 Å². The first kappa shape index (κ1) is 24.3. The molecule has 0 radical (unpaired) electrons. The van der Waals surface area contributed by atoms with E-state index in [9.17, 15) is 18.0 Å². The summed E-state index contributed by atoms with van der Waals surface area (Å²) in [5.41, 5.74) is 1.20. The van der Waals surface area contributed by atoms with Gasteiger partial charge in [0.1, 0.15) is 5.82 Å². The van der Waals surface area contributed by atoms with Gasteiger partial charge in [0, 0.05) is 37.4 Å². The number of nitrogens with one attached hydrogen (secondary N) is 1. The van der Waals surface area contributed by atoms with E-state index in [1.807, 2.05) is 26.0 Å². The number of aryl methyl sites for hydroxylation is 1. The van der Waals surface area contributed by atoms with Gasteiger partial charge in [-0.25, -0.2) is 13.4 Å². The third kappa shape index (κ3) is 5.15. The number of anilines is 1. The molecule has 1 N–H and O–H groups in total. The lowest BCUT2D eigenvalue weighted by molar-refractivity contribution is -0.121. The highest BCUT2D eigenvalue weighted by atomic mass is 32.2. The molecule has 2 aliphatic rings. The Labute approximate surface area is 201 Å². The fraction of sp³-hybridized carbons (Fsp3) is 0.480. The zero-order valence-electron chi connectivity index (χ0n) is 19.7. The van der Waals surface area contributed by atoms with Gasteiger partial charge in [-0.3, -0.25) is 9.59 Å². The van der Waals surface area contributed by atoms with Crippen LogP contribution in [-0.2, 0) is 14.8 Å². The van der Waals surface area contributed by atoms with Crippen molar-refractivity contribution in [3.8, 4) is 0 Å². The van der Waals surface area contributed by atoms with Crippen LogP contribution in [0.1, 0.15) is 54.9 Å². The number of pyridine rings is 1. The Morgan fingerprint density at radius 1 is 1.06 bits per heavy atom. The summed E-state index contributed by atoms with van der Waals surface area (Å²) in [4.78, 5) is 32.1. The Balaban J connectivity index is 1.47. The number of nitrogens with zero attached hydrogens (tertiary/aromatic N) is 3. The van der Waals surface area contributed by atoms with Gasteiger partial charge in [-0.15, -0.1) is 0 Å². The van der Waals surface area contributed by atoms with E-state index in [0.717, 1.165) is 24.8 Å². The summed E-state index contributed by atoms with van der Waals surface area (Å²) in [7, 11) is -3.67. The smallest absolute Gasteiger partial charge is 0.253 e. The van der Waals surface area contributed by atoms with Crippen LogP contribution in [0.25, 0.3) is 0 Å². The maximum absolute atomic E-state index is 13.3. The van der Waals surface area contributed by atoms with E-state index in [4.69, 9.17) is 0 Å². The van der Waals surface area contributed by atoms with Crippen molar-refractivity contribution in [3.63, 3.8) is 0 Å². The molecule has 1 aromatic carbocycles. The first-order valence-corrected chi connectivity index (χ1v) is 13.3. The van der Waals surface area contributed by atoms with Gasteiger partial charge >= 0.3 is 0 Å². The summed E-state index contributed by atoms with van der Waals surface area (Å²) < 4.78 is 28.0. The molecule has 2 unspecified atom stereocenters. The van der Waals surface area contributed by atoms with Crippen molar-refractivity contribution >= 4 is 27.7 Å². The maximum Gasteiger partial charge on any atom is 0.253 e. The molecule has 2 saturated heterocycles. The van der Waals surface area contributed by atoms with Gasteiger partial charge in [-0.2, -0.15) is 4.31 Å². The standard InChI is InChI=1S/C25H32N4O4S/c1-18-8-6-13-26-23(18)27-24(30)21-11-7-14-28(17-21)25(31)20-10-5-12-22(16-20)34(32,33)29-15-4-3-9-19(29)2/h5-6,8,10,12-13,16,19,21H,3-4,7,9,11,14-15,17H2,1-2H3,(H,26,27,30). The van der Waals surface area contributed by atoms with E-state index >= 15 is 0 Å². The number of benzene rings is 1. The molecule has 34 heavy (non-hydrogen) atoms. The molecule has 9 heteroatoms. The second-order valence-corrected chi connectivity index (χ2v) is 11.1. The summed E-state index contributed by atoms with van der Waals surface area (Å²) >= 11 is 0. The summed E-state index contributed by atoms with van der Waals surface area (Å²) in [6.45, 7) is 5.13. The van der Waals surface area contributed by atoms with E-state index in [-0.39, 0.29) is 35.2 Å². The topological polar surface area (TPSA) is 99.7 Å². The summed E-state index contributed by atoms with van der Waals surface area (Å²) in [5.74, 6) is -0.231. The molecule has 2 aliphatic heterocycles. The molecular formula is C25H32N4O4S. The van der Waals surface area contributed by atoms with Crippen LogP contribution in [0.5, 0.6) is 0 Å². The van der Waals surface area contributed by atoms with Crippen LogP contribution in [0.4, 0.5) is 5.82 Å². The van der Waals surface area contributed by atoms with E-state index in [1.165, 1.54) is 6.07 Å². The molecule has 182 valence electrons. The van der Waals surface area contributed by atoms with Gasteiger partial charge in [-0.1, -0.05) is 18.6 Å². The number of rotatable bonds is 5. The van der Waals surface area contributed by atoms with Crippen molar-refractivity contribution in [2.75, 3.05) is 25.0 Å². The minimum absolute atomic E-state index is 0.0535. The van der Waals surface area contributed by atoms with Gasteiger partial charge in [-0.05, 0) is 69.4 Å². The Morgan fingerprint density at radius 2 is 1.88 bits per heavy atom. The SMILES string of the molecule is Cc1cccnc1NC(=O)C1CCCN(C(=O)c2cccc(S(=O)(=O)N3CCCCC3C)c2)C1. The maximum atomic E-state index is 13.3. The molecule has 0 aliphatic carbocycles. The van der Waals surface area contributed by atoms with Crippen LogP contribution in [0.15, 0.2) is 47.5 Å². The monoisotopic (exact) mass is 484 g/mol. The molecule has 1 aromatic heterocycles. The molecule has 0 spiro atoms. The normalized spacial score (nSPS) is 21.8. The highest BCUT2D eigenvalue weighted by Gasteiger charge is 2.33. The second kappa shape index (κ2) is 10.2. The fourth-order valence-electron chi connectivity index (χ4n) is 4.75. The molecule has 0 saturated carbocycles. The highest BCUT2D eigenvalue weighted by molar-refractivity contribution is 7.89. The van der Waals surface area contributed by atoms with Crippen molar-refractivity contribution in [2.45, 2.75) is 56.9 Å². The molecule has 4 rings (SSSR count). The van der Waals surface area contributed by atoms with E-state index in [0.29, 0.717) is 37.3 Å². The summed E-state index contributed by atoms with van der Waals surface area (Å²) in [5, 5.41) is 2.88. The number of piperidine rings is 2. The highest BCUT2D eigenvalue weighted by Crippen LogP contribution is 2.27. The molecule has 2 aromatic rings. The first-order valence-electron chi connectivity index (χ1n) is 11.9. The minimum atomic E-state index is -3.67. The first-order chi connectivity index (χ1) is 16.3. The Morgan fingerprint density at radius 3 is 2.65 bits per heavy atom. The van der Waals surface area contributed by atoms with Crippen molar-refractivity contribution < 1.29 is 18.0 Å². The van der Waals surface area contributed by atoms with Crippen LogP contribution in [0.2, 0.25) is 0 Å². The number of hydrogen-bond donors (Lipinski definition) is 1. The number of likely N-dealkylation sites (tertiary alicyclic amines) is 1. The van der Waals surface area contributed by atoms with Crippen LogP contribution >= 0.6 is 0 Å². The van der Waals surface area contributed by atoms with E-state index in [2.05, 4.69) is 10.3 Å². The fourth-order valence-corrected chi connectivity index (χ4v) is 6.49. The summed E-state index contributed by atoms with van der Waals surface area (Å²) in [6, 6.07) is 9.92. The van der Waals surface area contributed by atoms with E-state index in [1.54, 1.807) is 33.6 Å². The Hall–Kier alpha value is -2.78. The van der Waals surface area contributed by atoms with Gasteiger partial charge in [0.25, 0.3) is 5.91 Å². The molecule has 0 bridgehead atoms. The predicted molar refractivity (Wildman–Crippen MR) is 130 cm³/mol. The average Bonchev–Trinajstić information content (AvgIpc) is 2.85. The van der Waals surface area contributed by atoms with E-state index < -0.39 is 10.0 Å².